The van der Waals surface area contributed by atoms with Crippen LogP contribution < -0.4 is 14.9 Å². The summed E-state index contributed by atoms with van der Waals surface area (Å²) in [5.41, 5.74) is 0.918. The van der Waals surface area contributed by atoms with E-state index in [4.69, 9.17) is 16.3 Å². The molecule has 0 bridgehead atoms. The number of hydrogen-bond acceptors (Lipinski definition) is 6. The van der Waals surface area contributed by atoms with Crippen LogP contribution in [0.5, 0.6) is 5.75 Å². The molecule has 1 aliphatic heterocycles. The maximum Gasteiger partial charge on any atom is 0.288 e. The average molecular weight is 515 g/mol. The van der Waals surface area contributed by atoms with Gasteiger partial charge >= 0.3 is 0 Å². The Morgan fingerprint density at radius 3 is 2.64 bits per heavy atom. The lowest BCUT2D eigenvalue weighted by molar-refractivity contribution is 0.340. The third-order valence-corrected chi connectivity index (χ3v) is 8.04. The molecule has 3 aromatic rings. The lowest BCUT2D eigenvalue weighted by Gasteiger charge is -2.34. The second kappa shape index (κ2) is 9.49. The van der Waals surface area contributed by atoms with E-state index in [9.17, 15) is 8.42 Å². The molecule has 2 heterocycles. The molecular formula is C21H21ClF2N4O3S2. The van der Waals surface area contributed by atoms with E-state index >= 15 is 8.78 Å². The third-order valence-electron chi connectivity index (χ3n) is 5.66. The summed E-state index contributed by atoms with van der Waals surface area (Å²) in [4.78, 5) is -0.863. The molecular weight excluding hydrogens is 494 g/mol. The van der Waals surface area contributed by atoms with Crippen molar-refractivity contribution in [3.8, 4) is 5.75 Å². The molecule has 1 saturated heterocycles. The summed E-state index contributed by atoms with van der Waals surface area (Å²) in [7, 11) is -1.83. The van der Waals surface area contributed by atoms with E-state index < -0.39 is 38.2 Å². The predicted octanol–water partition coefficient (Wildman–Crippen LogP) is 3.57. The molecule has 0 radical (unpaired) electrons. The highest BCUT2D eigenvalue weighted by Crippen LogP contribution is 2.44. The molecule has 1 fully saturated rings. The van der Waals surface area contributed by atoms with E-state index in [1.165, 1.54) is 18.0 Å². The number of sulfonamides is 1. The molecule has 1 aliphatic rings. The van der Waals surface area contributed by atoms with E-state index in [1.807, 2.05) is 12.1 Å². The second-order valence-corrected chi connectivity index (χ2v) is 10.4. The van der Waals surface area contributed by atoms with Crippen molar-refractivity contribution >= 4 is 33.2 Å². The number of nitrogens with one attached hydrogen (secondary N) is 1. The number of ether oxygens (including phenoxy) is 1. The number of rotatable bonds is 5. The zero-order valence-electron chi connectivity index (χ0n) is 17.8. The fraction of sp³-hybridized carbons (Fsp3) is 0.333. The highest BCUT2D eigenvalue weighted by Gasteiger charge is 2.36. The second-order valence-electron chi connectivity index (χ2n) is 7.65. The Hall–Kier alpha value is -2.34. The SMILES string of the molecule is COc1c(F)c(S(=O)(=O)N=c2sncn2C)cc(F)c1[C@@H]1CNCC[C@H]1c1ccc(Cl)cc1. The van der Waals surface area contributed by atoms with Crippen molar-refractivity contribution in [1.29, 1.82) is 0 Å². The van der Waals surface area contributed by atoms with Gasteiger partial charge in [-0.15, -0.1) is 4.40 Å². The van der Waals surface area contributed by atoms with Crippen LogP contribution in [0.4, 0.5) is 8.78 Å². The fourth-order valence-electron chi connectivity index (χ4n) is 4.09. The molecule has 0 saturated carbocycles. The summed E-state index contributed by atoms with van der Waals surface area (Å²) in [6.07, 6.45) is 2.04. The Morgan fingerprint density at radius 1 is 1.27 bits per heavy atom. The van der Waals surface area contributed by atoms with Crippen LogP contribution >= 0.6 is 23.1 Å². The third kappa shape index (κ3) is 4.68. The van der Waals surface area contributed by atoms with Crippen LogP contribution in [-0.2, 0) is 17.1 Å². The van der Waals surface area contributed by atoms with Crippen molar-refractivity contribution in [1.82, 2.24) is 14.3 Å². The van der Waals surface area contributed by atoms with Crippen LogP contribution in [0.1, 0.15) is 29.4 Å². The smallest absolute Gasteiger partial charge is 0.288 e. The van der Waals surface area contributed by atoms with Crippen molar-refractivity contribution in [2.45, 2.75) is 23.2 Å². The Kier molecular flexibility index (Phi) is 6.85. The zero-order chi connectivity index (χ0) is 23.8. The summed E-state index contributed by atoms with van der Waals surface area (Å²) in [5.74, 6) is -3.12. The molecule has 0 amide bonds. The number of hydrogen-bond donors (Lipinski definition) is 1. The standard InChI is InChI=1S/C21H21ClF2N4O3S2/c1-28-11-26-32-21(28)27-33(29,30)17-9-16(23)18(20(31-2)19(17)24)15-10-25-8-7-14(15)12-3-5-13(22)6-4-12/h3-6,9,11,14-15,25H,7-8,10H2,1-2H3/t14-,15+/m0/s1. The normalized spacial score (nSPS) is 19.6. The lowest BCUT2D eigenvalue weighted by atomic mass is 9.77. The van der Waals surface area contributed by atoms with Crippen LogP contribution in [0.3, 0.4) is 0 Å². The van der Waals surface area contributed by atoms with Crippen molar-refractivity contribution in [2.24, 2.45) is 11.4 Å². The minimum absolute atomic E-state index is 0.00977. The van der Waals surface area contributed by atoms with Crippen molar-refractivity contribution < 1.29 is 21.9 Å². The van der Waals surface area contributed by atoms with Crippen LogP contribution in [0.15, 0.2) is 46.0 Å². The number of piperidine rings is 1. The van der Waals surface area contributed by atoms with Gasteiger partial charge in [-0.2, -0.15) is 12.8 Å². The first-order chi connectivity index (χ1) is 15.7. The van der Waals surface area contributed by atoms with Gasteiger partial charge in [0, 0.05) is 41.6 Å². The lowest BCUT2D eigenvalue weighted by Crippen LogP contribution is -2.35. The minimum Gasteiger partial charge on any atom is -0.493 e. The monoisotopic (exact) mass is 514 g/mol. The molecule has 33 heavy (non-hydrogen) atoms. The van der Waals surface area contributed by atoms with Crippen LogP contribution in [0, 0.1) is 11.6 Å². The molecule has 4 rings (SSSR count). The Labute approximate surface area is 198 Å². The van der Waals surface area contributed by atoms with Gasteiger partial charge in [-0.3, -0.25) is 0 Å². The molecule has 176 valence electrons. The molecule has 0 aliphatic carbocycles. The Bertz CT molecular complexity index is 1340. The van der Waals surface area contributed by atoms with E-state index in [2.05, 4.69) is 14.1 Å². The predicted molar refractivity (Wildman–Crippen MR) is 121 cm³/mol. The van der Waals surface area contributed by atoms with E-state index in [0.717, 1.165) is 17.1 Å². The van der Waals surface area contributed by atoms with E-state index in [-0.39, 0.29) is 16.3 Å². The van der Waals surface area contributed by atoms with Gasteiger partial charge in [0.2, 0.25) is 4.80 Å². The summed E-state index contributed by atoms with van der Waals surface area (Å²) in [6, 6.07) is 7.90. The molecule has 0 unspecified atom stereocenters. The quantitative estimate of drug-likeness (QED) is 0.562. The summed E-state index contributed by atoms with van der Waals surface area (Å²) < 4.78 is 70.6. The van der Waals surface area contributed by atoms with Crippen molar-refractivity contribution in [2.75, 3.05) is 20.2 Å². The van der Waals surface area contributed by atoms with Gasteiger partial charge in [0.1, 0.15) is 17.0 Å². The van der Waals surface area contributed by atoms with Crippen LogP contribution in [-0.4, -0.2) is 37.6 Å². The van der Waals surface area contributed by atoms with Crippen molar-refractivity contribution in [3.05, 3.63) is 69.2 Å². The number of halogens is 3. The maximum atomic E-state index is 15.5. The van der Waals surface area contributed by atoms with Gasteiger partial charge in [-0.1, -0.05) is 23.7 Å². The summed E-state index contributed by atoms with van der Waals surface area (Å²) in [5, 5.41) is 3.78. The number of benzene rings is 2. The fourth-order valence-corrected chi connectivity index (χ4v) is 6.10. The van der Waals surface area contributed by atoms with Gasteiger partial charge in [0.25, 0.3) is 10.0 Å². The molecule has 7 nitrogen and oxygen atoms in total. The van der Waals surface area contributed by atoms with Gasteiger partial charge < -0.3 is 14.6 Å². The molecule has 2 aromatic carbocycles. The summed E-state index contributed by atoms with van der Waals surface area (Å²) >= 11 is 6.82. The van der Waals surface area contributed by atoms with Gasteiger partial charge in [0.05, 0.1) is 7.11 Å². The highest BCUT2D eigenvalue weighted by atomic mass is 35.5. The first-order valence-corrected chi connectivity index (χ1v) is 12.6. The van der Waals surface area contributed by atoms with E-state index in [1.54, 1.807) is 19.2 Å². The van der Waals surface area contributed by atoms with Gasteiger partial charge in [0.15, 0.2) is 11.6 Å². The molecule has 1 N–H and O–H groups in total. The number of aromatic nitrogens is 2. The minimum atomic E-state index is -4.56. The van der Waals surface area contributed by atoms with Crippen LogP contribution in [0.25, 0.3) is 0 Å². The first-order valence-electron chi connectivity index (χ1n) is 10.0. The average Bonchev–Trinajstić information content (AvgIpc) is 3.19. The van der Waals surface area contributed by atoms with Crippen LogP contribution in [0.2, 0.25) is 5.02 Å². The topological polar surface area (TPSA) is 85.6 Å². The van der Waals surface area contributed by atoms with Gasteiger partial charge in [-0.25, -0.2) is 8.78 Å². The largest absolute Gasteiger partial charge is 0.493 e. The van der Waals surface area contributed by atoms with E-state index in [0.29, 0.717) is 30.6 Å². The molecule has 0 spiro atoms. The van der Waals surface area contributed by atoms with Gasteiger partial charge in [-0.05, 0) is 42.6 Å². The molecule has 12 heteroatoms. The first kappa shape index (κ1) is 23.8. The molecule has 1 aromatic heterocycles. The Morgan fingerprint density at radius 2 is 2.00 bits per heavy atom. The summed E-state index contributed by atoms with van der Waals surface area (Å²) in [6.45, 7) is 1.07. The number of nitrogens with zero attached hydrogens (tertiary/aromatic N) is 3. The highest BCUT2D eigenvalue weighted by molar-refractivity contribution is 7.90. The number of aryl methyl sites for hydroxylation is 1. The molecule has 2 atom stereocenters. The zero-order valence-corrected chi connectivity index (χ0v) is 20.1. The maximum absolute atomic E-state index is 15.5. The van der Waals surface area contributed by atoms with Crippen molar-refractivity contribution in [3.63, 3.8) is 0 Å². The number of methoxy groups -OCH3 is 1. The Balaban J connectivity index is 1.84.